The van der Waals surface area contributed by atoms with Gasteiger partial charge in [-0.2, -0.15) is 12.7 Å². The maximum absolute atomic E-state index is 6.56. The zero-order valence-electron chi connectivity index (χ0n) is 26.8. The summed E-state index contributed by atoms with van der Waals surface area (Å²) in [6, 6.07) is 36.6. The van der Waals surface area contributed by atoms with E-state index >= 15 is 0 Å². The molecule has 0 unspecified atom stereocenters. The summed E-state index contributed by atoms with van der Waals surface area (Å²) in [6.07, 6.45) is 1.83. The summed E-state index contributed by atoms with van der Waals surface area (Å²) in [4.78, 5) is 9.11. The van der Waals surface area contributed by atoms with E-state index in [1.165, 1.54) is 16.8 Å². The Hall–Kier alpha value is -4.08. The molecule has 0 aliphatic carbocycles. The zero-order valence-corrected chi connectivity index (χ0v) is 29.0. The van der Waals surface area contributed by atoms with Crippen LogP contribution in [0.2, 0.25) is 0 Å². The molecule has 1 aliphatic rings. The van der Waals surface area contributed by atoms with Crippen molar-refractivity contribution < 1.29 is 25.8 Å². The second kappa shape index (κ2) is 11.4. The first-order valence-corrected chi connectivity index (χ1v) is 15.1. The summed E-state index contributed by atoms with van der Waals surface area (Å²) in [7, 11) is 2.10. The zero-order chi connectivity index (χ0) is 30.8. The number of rotatable bonds is 4. The maximum Gasteiger partial charge on any atom is 0.143 e. The van der Waals surface area contributed by atoms with Gasteiger partial charge in [0.2, 0.25) is 0 Å². The van der Waals surface area contributed by atoms with Crippen molar-refractivity contribution in [2.45, 2.75) is 52.4 Å². The number of pyridine rings is 1. The van der Waals surface area contributed by atoms with E-state index in [-0.39, 0.29) is 31.9 Å². The van der Waals surface area contributed by atoms with Gasteiger partial charge in [-0.05, 0) is 53.8 Å². The molecule has 0 bridgehead atoms. The summed E-state index contributed by atoms with van der Waals surface area (Å²) in [5, 5.41) is 2.27. The number of anilines is 3. The molecule has 0 saturated carbocycles. The second-order valence-electron chi connectivity index (χ2n) is 13.6. The second-order valence-corrected chi connectivity index (χ2v) is 13.6. The van der Waals surface area contributed by atoms with Crippen LogP contribution in [0.15, 0.2) is 91.1 Å². The predicted octanol–water partition coefficient (Wildman–Crippen LogP) is 9.87. The Labute approximate surface area is 280 Å². The van der Waals surface area contributed by atoms with Crippen LogP contribution in [0.3, 0.4) is 0 Å². The molecule has 2 aromatic heterocycles. The topological polar surface area (TPSA) is 33.5 Å². The number of aromatic nitrogens is 2. The average Bonchev–Trinajstić information content (AvgIpc) is 3.51. The molecular weight excluding hydrogens is 736 g/mol. The van der Waals surface area contributed by atoms with Gasteiger partial charge >= 0.3 is 0 Å². The fourth-order valence-electron chi connectivity index (χ4n) is 5.90. The third-order valence-electron chi connectivity index (χ3n) is 8.37. The monoisotopic (exact) mass is 772 g/mol. The van der Waals surface area contributed by atoms with E-state index in [9.17, 15) is 0 Å². The molecule has 232 valence electrons. The molecule has 6 aromatic rings. The minimum Gasteiger partial charge on any atom is -0.509 e. The van der Waals surface area contributed by atoms with Gasteiger partial charge in [0.05, 0.1) is 5.52 Å². The van der Waals surface area contributed by atoms with Crippen LogP contribution in [-0.4, -0.2) is 16.6 Å². The number of benzene rings is 4. The first-order chi connectivity index (χ1) is 21.0. The summed E-state index contributed by atoms with van der Waals surface area (Å²) in [6.45, 7) is 15.5. The van der Waals surface area contributed by atoms with Gasteiger partial charge in [0.15, 0.2) is 0 Å². The molecule has 0 atom stereocenters. The van der Waals surface area contributed by atoms with Crippen molar-refractivity contribution in [1.29, 1.82) is 0 Å². The fourth-order valence-corrected chi connectivity index (χ4v) is 5.90. The Morgan fingerprint density at radius 3 is 2.20 bits per heavy atom. The molecule has 45 heavy (non-hydrogen) atoms. The van der Waals surface area contributed by atoms with Crippen molar-refractivity contribution in [3.63, 3.8) is 0 Å². The standard InChI is InChI=1S/C39H37N4O.Pt/c1-38(2,3)26-17-18-35-36(22-26)41(7)25-42(35)29-20-27(39(4,5)6)21-31(24-29)44-30-13-10-12-28(23-30)43-34-16-9-8-14-32(34)33-15-11-19-40-37(33)43;/h8-22,25H,1-7H3;/q-3;. The minimum absolute atomic E-state index is 0. The Bertz CT molecular complexity index is 1980. The third kappa shape index (κ3) is 5.64. The normalized spacial score (nSPS) is 13.3. The van der Waals surface area contributed by atoms with Crippen LogP contribution in [0, 0.1) is 18.8 Å². The van der Waals surface area contributed by atoms with Crippen LogP contribution in [0.4, 0.5) is 17.1 Å². The molecular formula is C39H37N4OPt-3. The largest absolute Gasteiger partial charge is 0.509 e. The average molecular weight is 773 g/mol. The quantitative estimate of drug-likeness (QED) is 0.167. The summed E-state index contributed by atoms with van der Waals surface area (Å²) in [5.41, 5.74) is 8.55. The van der Waals surface area contributed by atoms with E-state index in [1.807, 2.05) is 30.5 Å². The number of hydrogen-bond donors (Lipinski definition) is 0. The van der Waals surface area contributed by atoms with E-state index in [1.54, 1.807) is 0 Å². The van der Waals surface area contributed by atoms with Crippen molar-refractivity contribution >= 4 is 39.0 Å². The minimum atomic E-state index is -0.0906. The van der Waals surface area contributed by atoms with E-state index in [0.717, 1.165) is 39.0 Å². The van der Waals surface area contributed by atoms with Gasteiger partial charge in [-0.3, -0.25) is 0 Å². The number of para-hydroxylation sites is 1. The van der Waals surface area contributed by atoms with Crippen LogP contribution in [-0.2, 0) is 31.9 Å². The van der Waals surface area contributed by atoms with Crippen LogP contribution in [0.1, 0.15) is 52.7 Å². The van der Waals surface area contributed by atoms with Gasteiger partial charge in [0.25, 0.3) is 0 Å². The first kappa shape index (κ1) is 30.9. The number of hydrogen-bond acceptors (Lipinski definition) is 4. The SMILES string of the molecule is CN1[CH-]N(c2[c-]c(Oc3[c-]c(-n4c5ccccc5c5cccnc54)ccc3)cc(C(C)(C)C)c2)c2ccc(C(C)(C)C)cc21.[Pt]. The molecule has 0 spiro atoms. The van der Waals surface area contributed by atoms with Crippen LogP contribution in [0.5, 0.6) is 11.5 Å². The molecule has 6 heteroatoms. The Morgan fingerprint density at radius 2 is 1.42 bits per heavy atom. The van der Waals surface area contributed by atoms with Crippen molar-refractivity contribution in [3.8, 4) is 17.2 Å². The Kier molecular flexibility index (Phi) is 7.81. The molecule has 4 aromatic carbocycles. The molecule has 0 amide bonds. The van der Waals surface area contributed by atoms with Crippen LogP contribution in [0.25, 0.3) is 27.6 Å². The van der Waals surface area contributed by atoms with Crippen molar-refractivity contribution in [2.24, 2.45) is 0 Å². The summed E-state index contributed by atoms with van der Waals surface area (Å²) >= 11 is 0. The van der Waals surface area contributed by atoms with Gasteiger partial charge in [-0.15, -0.1) is 47.6 Å². The van der Waals surface area contributed by atoms with Gasteiger partial charge < -0.3 is 19.1 Å². The fraction of sp³-hybridized carbons (Fsp3) is 0.231. The Morgan fingerprint density at radius 1 is 0.689 bits per heavy atom. The molecule has 3 heterocycles. The maximum atomic E-state index is 6.56. The van der Waals surface area contributed by atoms with Gasteiger partial charge in [-0.1, -0.05) is 71.5 Å². The van der Waals surface area contributed by atoms with Crippen molar-refractivity contribution in [1.82, 2.24) is 9.55 Å². The molecule has 0 saturated heterocycles. The molecule has 7 rings (SSSR count). The molecule has 5 nitrogen and oxygen atoms in total. The molecule has 1 aliphatic heterocycles. The van der Waals surface area contributed by atoms with E-state index < -0.39 is 0 Å². The van der Waals surface area contributed by atoms with E-state index in [0.29, 0.717) is 11.5 Å². The number of fused-ring (bicyclic) bond motifs is 4. The number of ether oxygens (including phenoxy) is 1. The van der Waals surface area contributed by atoms with Crippen LogP contribution < -0.4 is 14.5 Å². The summed E-state index contributed by atoms with van der Waals surface area (Å²) in [5.74, 6) is 1.27. The first-order valence-electron chi connectivity index (χ1n) is 15.1. The third-order valence-corrected chi connectivity index (χ3v) is 8.37. The Balaban J connectivity index is 0.00000357. The smallest absolute Gasteiger partial charge is 0.143 e. The molecule has 0 fully saturated rings. The van der Waals surface area contributed by atoms with E-state index in [4.69, 9.17) is 9.72 Å². The predicted molar refractivity (Wildman–Crippen MR) is 181 cm³/mol. The number of nitrogens with zero attached hydrogens (tertiary/aromatic N) is 4. The van der Waals surface area contributed by atoms with Crippen molar-refractivity contribution in [3.05, 3.63) is 121 Å². The summed E-state index contributed by atoms with van der Waals surface area (Å²) < 4.78 is 8.71. The van der Waals surface area contributed by atoms with Gasteiger partial charge in [0.1, 0.15) is 5.65 Å². The van der Waals surface area contributed by atoms with Crippen molar-refractivity contribution in [2.75, 3.05) is 16.8 Å². The van der Waals surface area contributed by atoms with Gasteiger partial charge in [-0.25, -0.2) is 4.98 Å². The van der Waals surface area contributed by atoms with Gasteiger partial charge in [0, 0.05) is 60.9 Å². The molecule has 0 radical (unpaired) electrons. The van der Waals surface area contributed by atoms with E-state index in [2.05, 4.69) is 142 Å². The van der Waals surface area contributed by atoms with Crippen LogP contribution >= 0.6 is 0 Å². The molecule has 0 N–H and O–H groups in total.